The highest BCUT2D eigenvalue weighted by Gasteiger charge is 2.28. The normalized spacial score (nSPS) is 15.5. The van der Waals surface area contributed by atoms with Gasteiger partial charge in [-0.3, -0.25) is 4.79 Å². The Hall–Kier alpha value is -2.86. The van der Waals surface area contributed by atoms with Crippen LogP contribution in [-0.2, 0) is 14.8 Å². The van der Waals surface area contributed by atoms with Gasteiger partial charge in [-0.05, 0) is 43.3 Å². The number of hydrogen-bond acceptors (Lipinski definition) is 5. The molecule has 0 aliphatic carbocycles. The third-order valence-corrected chi connectivity index (χ3v) is 6.88. The Bertz CT molecular complexity index is 1080. The van der Waals surface area contributed by atoms with Crippen LogP contribution >= 0.6 is 11.6 Å². The number of nitrogens with zero attached hydrogens (tertiary/aromatic N) is 3. The third kappa shape index (κ3) is 5.19. The predicted octanol–water partition coefficient (Wildman–Crippen LogP) is 3.00. The summed E-state index contributed by atoms with van der Waals surface area (Å²) in [6.45, 7) is 3.20. The summed E-state index contributed by atoms with van der Waals surface area (Å²) in [6.07, 6.45) is 1.47. The second-order valence-corrected chi connectivity index (χ2v) is 9.24. The van der Waals surface area contributed by atoms with Crippen molar-refractivity contribution in [1.29, 1.82) is 5.26 Å². The van der Waals surface area contributed by atoms with E-state index < -0.39 is 15.9 Å². The summed E-state index contributed by atoms with van der Waals surface area (Å²) in [5.41, 5.74) is 1.46. The molecule has 2 aromatic carbocycles. The van der Waals surface area contributed by atoms with Gasteiger partial charge in [-0.1, -0.05) is 29.3 Å². The van der Waals surface area contributed by atoms with E-state index in [1.165, 1.54) is 10.5 Å². The molecule has 1 saturated heterocycles. The fourth-order valence-electron chi connectivity index (χ4n) is 2.98. The van der Waals surface area contributed by atoms with Crippen LogP contribution in [0.1, 0.15) is 5.56 Å². The number of carbonyl (C=O) groups excluding carboxylic acids is 1. The van der Waals surface area contributed by atoms with Crippen LogP contribution < -0.4 is 5.32 Å². The first-order valence-corrected chi connectivity index (χ1v) is 11.1. The SMILES string of the molecule is Cc1ccc(S(=O)(=O)N2CCN(/C=C(/C#N)C(=O)Nc3ccc(Cl)cc3)CC2)cc1. The lowest BCUT2D eigenvalue weighted by Crippen LogP contribution is -2.46. The molecule has 1 fully saturated rings. The first-order valence-electron chi connectivity index (χ1n) is 9.29. The molecule has 0 unspecified atom stereocenters. The average molecular weight is 445 g/mol. The van der Waals surface area contributed by atoms with Gasteiger partial charge in [0.1, 0.15) is 11.6 Å². The molecule has 0 radical (unpaired) electrons. The van der Waals surface area contributed by atoms with E-state index in [1.54, 1.807) is 53.4 Å². The fraction of sp³-hybridized carbons (Fsp3) is 0.238. The van der Waals surface area contributed by atoms with E-state index in [0.29, 0.717) is 23.8 Å². The summed E-state index contributed by atoms with van der Waals surface area (Å²) >= 11 is 5.83. The van der Waals surface area contributed by atoms with Gasteiger partial charge in [-0.2, -0.15) is 9.57 Å². The monoisotopic (exact) mass is 444 g/mol. The highest BCUT2D eigenvalue weighted by atomic mass is 35.5. The Morgan fingerprint density at radius 1 is 1.07 bits per heavy atom. The first kappa shape index (κ1) is 21.8. The molecule has 0 saturated carbocycles. The Morgan fingerprint density at radius 2 is 1.67 bits per heavy atom. The van der Waals surface area contributed by atoms with Crippen LogP contribution in [0.15, 0.2) is 65.2 Å². The molecule has 156 valence electrons. The van der Waals surface area contributed by atoms with Crippen molar-refractivity contribution in [2.75, 3.05) is 31.5 Å². The highest BCUT2D eigenvalue weighted by molar-refractivity contribution is 7.89. The average Bonchev–Trinajstić information content (AvgIpc) is 2.74. The number of hydrogen-bond donors (Lipinski definition) is 1. The van der Waals surface area contributed by atoms with Gasteiger partial charge in [0.25, 0.3) is 5.91 Å². The van der Waals surface area contributed by atoms with Crippen molar-refractivity contribution in [2.45, 2.75) is 11.8 Å². The molecule has 2 aromatic rings. The number of amides is 1. The van der Waals surface area contributed by atoms with Crippen molar-refractivity contribution < 1.29 is 13.2 Å². The van der Waals surface area contributed by atoms with Crippen LogP contribution in [0.5, 0.6) is 0 Å². The summed E-state index contributed by atoms with van der Waals surface area (Å²) in [6, 6.07) is 15.2. The molecule has 1 aliphatic heterocycles. The number of benzene rings is 2. The summed E-state index contributed by atoms with van der Waals surface area (Å²) < 4.78 is 27.0. The fourth-order valence-corrected chi connectivity index (χ4v) is 4.53. The second-order valence-electron chi connectivity index (χ2n) is 6.87. The molecule has 1 heterocycles. The van der Waals surface area contributed by atoms with E-state index >= 15 is 0 Å². The minimum atomic E-state index is -3.57. The van der Waals surface area contributed by atoms with Gasteiger partial charge in [-0.25, -0.2) is 8.42 Å². The minimum Gasteiger partial charge on any atom is -0.373 e. The summed E-state index contributed by atoms with van der Waals surface area (Å²) in [5, 5.41) is 12.6. The van der Waals surface area contributed by atoms with Gasteiger partial charge in [0.05, 0.1) is 4.90 Å². The molecule has 0 aromatic heterocycles. The van der Waals surface area contributed by atoms with Crippen LogP contribution in [0, 0.1) is 18.3 Å². The molecule has 3 rings (SSSR count). The maximum Gasteiger partial charge on any atom is 0.267 e. The number of aryl methyl sites for hydroxylation is 1. The minimum absolute atomic E-state index is 0.0557. The topological polar surface area (TPSA) is 93.5 Å². The van der Waals surface area contributed by atoms with Crippen LogP contribution in [0.3, 0.4) is 0 Å². The van der Waals surface area contributed by atoms with Crippen LogP contribution in [0.25, 0.3) is 0 Å². The summed E-state index contributed by atoms with van der Waals surface area (Å²) in [7, 11) is -3.57. The maximum atomic E-state index is 12.8. The molecule has 9 heteroatoms. The van der Waals surface area contributed by atoms with E-state index in [9.17, 15) is 18.5 Å². The Labute approximate surface area is 181 Å². The standard InChI is InChI=1S/C21H21ClN4O3S/c1-16-2-8-20(9-3-16)30(28,29)26-12-10-25(11-13-26)15-17(14-23)21(27)24-19-6-4-18(22)5-7-19/h2-9,15H,10-13H2,1H3,(H,24,27)/b17-15-. The smallest absolute Gasteiger partial charge is 0.267 e. The Kier molecular flexibility index (Phi) is 6.77. The highest BCUT2D eigenvalue weighted by Crippen LogP contribution is 2.19. The van der Waals surface area contributed by atoms with Crippen LogP contribution in [0.4, 0.5) is 5.69 Å². The molecule has 0 bridgehead atoms. The number of sulfonamides is 1. The predicted molar refractivity (Wildman–Crippen MR) is 115 cm³/mol. The summed E-state index contributed by atoms with van der Waals surface area (Å²) in [5.74, 6) is -0.533. The number of rotatable bonds is 5. The first-order chi connectivity index (χ1) is 14.3. The molecular formula is C21H21ClN4O3S. The van der Waals surface area contributed by atoms with E-state index in [4.69, 9.17) is 11.6 Å². The van der Waals surface area contributed by atoms with Crippen molar-refractivity contribution in [3.8, 4) is 6.07 Å². The largest absolute Gasteiger partial charge is 0.373 e. The molecule has 0 spiro atoms. The van der Waals surface area contributed by atoms with Gasteiger partial charge in [0, 0.05) is 43.1 Å². The van der Waals surface area contributed by atoms with E-state index in [-0.39, 0.29) is 23.6 Å². The number of halogens is 1. The van der Waals surface area contributed by atoms with E-state index in [1.807, 2.05) is 13.0 Å². The number of nitrogens with one attached hydrogen (secondary N) is 1. The zero-order chi connectivity index (χ0) is 21.7. The third-order valence-electron chi connectivity index (χ3n) is 4.71. The molecule has 7 nitrogen and oxygen atoms in total. The lowest BCUT2D eigenvalue weighted by Gasteiger charge is -2.33. The van der Waals surface area contributed by atoms with Crippen molar-refractivity contribution in [1.82, 2.24) is 9.21 Å². The van der Waals surface area contributed by atoms with Crippen molar-refractivity contribution in [3.63, 3.8) is 0 Å². The van der Waals surface area contributed by atoms with Gasteiger partial charge < -0.3 is 10.2 Å². The van der Waals surface area contributed by atoms with Gasteiger partial charge in [-0.15, -0.1) is 0 Å². The van der Waals surface area contributed by atoms with Crippen molar-refractivity contribution in [2.24, 2.45) is 0 Å². The molecule has 1 amide bonds. The number of carbonyl (C=O) groups is 1. The van der Waals surface area contributed by atoms with Gasteiger partial charge >= 0.3 is 0 Å². The van der Waals surface area contributed by atoms with Crippen LogP contribution in [0.2, 0.25) is 5.02 Å². The Balaban J connectivity index is 1.63. The lowest BCUT2D eigenvalue weighted by molar-refractivity contribution is -0.112. The summed E-state index contributed by atoms with van der Waals surface area (Å²) in [4.78, 5) is 14.4. The van der Waals surface area contributed by atoms with Gasteiger partial charge in [0.2, 0.25) is 10.0 Å². The number of anilines is 1. The zero-order valence-electron chi connectivity index (χ0n) is 16.4. The molecule has 30 heavy (non-hydrogen) atoms. The van der Waals surface area contributed by atoms with Crippen molar-refractivity contribution >= 4 is 33.2 Å². The second kappa shape index (κ2) is 9.30. The Morgan fingerprint density at radius 3 is 2.23 bits per heavy atom. The van der Waals surface area contributed by atoms with Gasteiger partial charge in [0.15, 0.2) is 0 Å². The quantitative estimate of drug-likeness (QED) is 0.565. The molecular weight excluding hydrogens is 424 g/mol. The van der Waals surface area contributed by atoms with E-state index in [0.717, 1.165) is 5.56 Å². The van der Waals surface area contributed by atoms with Crippen LogP contribution in [-0.4, -0.2) is 49.7 Å². The lowest BCUT2D eigenvalue weighted by atomic mass is 10.2. The van der Waals surface area contributed by atoms with E-state index in [2.05, 4.69) is 5.32 Å². The number of nitriles is 1. The van der Waals surface area contributed by atoms with Crippen molar-refractivity contribution in [3.05, 3.63) is 70.9 Å². The zero-order valence-corrected chi connectivity index (χ0v) is 17.9. The molecule has 1 N–H and O–H groups in total. The number of piperazine rings is 1. The molecule has 1 aliphatic rings. The molecule has 0 atom stereocenters. The maximum absolute atomic E-state index is 12.8.